The van der Waals surface area contributed by atoms with Crippen molar-refractivity contribution in [2.75, 3.05) is 6.54 Å². The number of aromatic nitrogens is 1. The number of nitrogens with one attached hydrogen (secondary N) is 1. The lowest BCUT2D eigenvalue weighted by Gasteiger charge is -2.17. The number of rotatable bonds is 4. The van der Waals surface area contributed by atoms with Crippen LogP contribution in [0.2, 0.25) is 0 Å². The highest BCUT2D eigenvalue weighted by molar-refractivity contribution is 7.10. The number of pyridine rings is 1. The maximum absolute atomic E-state index is 4.07. The van der Waals surface area contributed by atoms with Crippen molar-refractivity contribution in [1.82, 2.24) is 10.3 Å². The van der Waals surface area contributed by atoms with Crippen molar-refractivity contribution in [3.05, 3.63) is 52.0 Å². The summed E-state index contributed by atoms with van der Waals surface area (Å²) in [6, 6.07) is 6.62. The summed E-state index contributed by atoms with van der Waals surface area (Å²) in [5, 5.41) is 5.67. The van der Waals surface area contributed by atoms with Crippen molar-refractivity contribution in [3.8, 4) is 0 Å². The average Bonchev–Trinajstić information content (AvgIpc) is 2.73. The van der Waals surface area contributed by atoms with Crippen molar-refractivity contribution in [3.63, 3.8) is 0 Å². The maximum Gasteiger partial charge on any atom is 0.0674 e. The molecule has 0 saturated carbocycles. The molecule has 2 aromatic rings. The smallest absolute Gasteiger partial charge is 0.0674 e. The first-order chi connectivity index (χ1) is 7.83. The van der Waals surface area contributed by atoms with E-state index in [-0.39, 0.29) is 0 Å². The summed E-state index contributed by atoms with van der Waals surface area (Å²) >= 11 is 1.81. The summed E-state index contributed by atoms with van der Waals surface area (Å²) in [5.41, 5.74) is 2.63. The molecule has 1 N–H and O–H groups in total. The largest absolute Gasteiger partial charge is 0.306 e. The molecule has 2 aromatic heterocycles. The zero-order valence-electron chi connectivity index (χ0n) is 9.60. The Morgan fingerprint density at radius 3 is 2.62 bits per heavy atom. The van der Waals surface area contributed by atoms with E-state index < -0.39 is 0 Å². The Morgan fingerprint density at radius 2 is 2.06 bits per heavy atom. The van der Waals surface area contributed by atoms with Crippen LogP contribution in [0.5, 0.6) is 0 Å². The minimum atomic E-state index is 0.299. The second-order valence-electron chi connectivity index (χ2n) is 3.74. The molecular weight excluding hydrogens is 216 g/mol. The Bertz CT molecular complexity index is 436. The Morgan fingerprint density at radius 1 is 1.31 bits per heavy atom. The average molecular weight is 232 g/mol. The quantitative estimate of drug-likeness (QED) is 0.876. The van der Waals surface area contributed by atoms with Crippen LogP contribution in [-0.2, 0) is 0 Å². The topological polar surface area (TPSA) is 24.9 Å². The fourth-order valence-corrected chi connectivity index (χ4v) is 2.83. The fraction of sp³-hybridized carbons (Fsp3) is 0.308. The number of aryl methyl sites for hydroxylation is 1. The molecule has 84 valence electrons. The third-order valence-electron chi connectivity index (χ3n) is 2.61. The number of thiophene rings is 1. The minimum Gasteiger partial charge on any atom is -0.306 e. The summed E-state index contributed by atoms with van der Waals surface area (Å²) in [7, 11) is 0. The van der Waals surface area contributed by atoms with Gasteiger partial charge in [0.2, 0.25) is 0 Å². The second-order valence-corrected chi connectivity index (χ2v) is 4.69. The van der Waals surface area contributed by atoms with Crippen molar-refractivity contribution >= 4 is 11.3 Å². The van der Waals surface area contributed by atoms with E-state index in [0.717, 1.165) is 6.54 Å². The molecule has 0 aliphatic rings. The maximum atomic E-state index is 4.07. The molecule has 1 atom stereocenters. The lowest BCUT2D eigenvalue weighted by molar-refractivity contribution is 0.636. The van der Waals surface area contributed by atoms with Gasteiger partial charge in [-0.05, 0) is 48.2 Å². The van der Waals surface area contributed by atoms with Crippen LogP contribution >= 0.6 is 11.3 Å². The molecule has 0 amide bonds. The molecule has 16 heavy (non-hydrogen) atoms. The first-order valence-electron chi connectivity index (χ1n) is 5.50. The van der Waals surface area contributed by atoms with Gasteiger partial charge in [0.05, 0.1) is 6.04 Å². The van der Waals surface area contributed by atoms with E-state index in [1.165, 1.54) is 16.0 Å². The van der Waals surface area contributed by atoms with Crippen molar-refractivity contribution in [2.24, 2.45) is 0 Å². The highest BCUT2D eigenvalue weighted by Gasteiger charge is 2.15. The molecule has 0 fully saturated rings. The van der Waals surface area contributed by atoms with Crippen LogP contribution in [0.4, 0.5) is 0 Å². The lowest BCUT2D eigenvalue weighted by Crippen LogP contribution is -2.21. The van der Waals surface area contributed by atoms with Gasteiger partial charge in [-0.1, -0.05) is 6.92 Å². The first kappa shape index (κ1) is 11.3. The summed E-state index contributed by atoms with van der Waals surface area (Å²) in [6.07, 6.45) is 3.70. The SMILES string of the molecule is CCNC(c1ccncc1)c1sccc1C. The van der Waals surface area contributed by atoms with E-state index in [1.807, 2.05) is 23.7 Å². The summed E-state index contributed by atoms with van der Waals surface area (Å²) in [6.45, 7) is 5.26. The molecule has 0 aliphatic heterocycles. The number of hydrogen-bond donors (Lipinski definition) is 1. The number of nitrogens with zero attached hydrogens (tertiary/aromatic N) is 1. The molecule has 0 radical (unpaired) electrons. The highest BCUT2D eigenvalue weighted by atomic mass is 32.1. The molecule has 0 bridgehead atoms. The first-order valence-corrected chi connectivity index (χ1v) is 6.38. The Labute approximate surface area is 100 Å². The lowest BCUT2D eigenvalue weighted by atomic mass is 10.0. The van der Waals surface area contributed by atoms with Crippen LogP contribution in [0.25, 0.3) is 0 Å². The molecule has 0 aliphatic carbocycles. The van der Waals surface area contributed by atoms with Gasteiger partial charge in [-0.3, -0.25) is 4.98 Å². The van der Waals surface area contributed by atoms with E-state index in [9.17, 15) is 0 Å². The monoisotopic (exact) mass is 232 g/mol. The standard InChI is InChI=1S/C13H16N2S/c1-3-15-12(11-4-7-14-8-5-11)13-10(2)6-9-16-13/h4-9,12,15H,3H2,1-2H3. The van der Waals surface area contributed by atoms with Gasteiger partial charge in [0, 0.05) is 17.3 Å². The van der Waals surface area contributed by atoms with Crippen LogP contribution in [0.1, 0.15) is 29.0 Å². The van der Waals surface area contributed by atoms with Gasteiger partial charge in [0.1, 0.15) is 0 Å². The highest BCUT2D eigenvalue weighted by Crippen LogP contribution is 2.28. The Balaban J connectivity index is 2.35. The van der Waals surface area contributed by atoms with E-state index in [4.69, 9.17) is 0 Å². The third kappa shape index (κ3) is 2.31. The third-order valence-corrected chi connectivity index (χ3v) is 3.70. The fourth-order valence-electron chi connectivity index (χ4n) is 1.80. The van der Waals surface area contributed by atoms with E-state index in [2.05, 4.69) is 47.7 Å². The van der Waals surface area contributed by atoms with Gasteiger partial charge in [0.25, 0.3) is 0 Å². The van der Waals surface area contributed by atoms with Gasteiger partial charge in [-0.15, -0.1) is 11.3 Å². The molecule has 2 nitrogen and oxygen atoms in total. The molecule has 2 heterocycles. The molecule has 0 spiro atoms. The van der Waals surface area contributed by atoms with Gasteiger partial charge in [-0.2, -0.15) is 0 Å². The van der Waals surface area contributed by atoms with E-state index in [0.29, 0.717) is 6.04 Å². The van der Waals surface area contributed by atoms with Crippen molar-refractivity contribution < 1.29 is 0 Å². The molecule has 1 unspecified atom stereocenters. The van der Waals surface area contributed by atoms with Crippen LogP contribution in [0, 0.1) is 6.92 Å². The van der Waals surface area contributed by atoms with E-state index in [1.54, 1.807) is 0 Å². The van der Waals surface area contributed by atoms with Crippen LogP contribution in [0.3, 0.4) is 0 Å². The Kier molecular flexibility index (Phi) is 3.70. The Hall–Kier alpha value is -1.19. The molecule has 2 rings (SSSR count). The minimum absolute atomic E-state index is 0.299. The summed E-state index contributed by atoms with van der Waals surface area (Å²) in [5.74, 6) is 0. The predicted octanol–water partition coefficient (Wildman–Crippen LogP) is 3.15. The zero-order chi connectivity index (χ0) is 11.4. The van der Waals surface area contributed by atoms with Crippen LogP contribution < -0.4 is 5.32 Å². The summed E-state index contributed by atoms with van der Waals surface area (Å²) < 4.78 is 0. The van der Waals surface area contributed by atoms with Crippen molar-refractivity contribution in [1.29, 1.82) is 0 Å². The zero-order valence-corrected chi connectivity index (χ0v) is 10.4. The second kappa shape index (κ2) is 5.23. The van der Waals surface area contributed by atoms with Crippen molar-refractivity contribution in [2.45, 2.75) is 19.9 Å². The predicted molar refractivity (Wildman–Crippen MR) is 68.8 cm³/mol. The van der Waals surface area contributed by atoms with Crippen LogP contribution in [-0.4, -0.2) is 11.5 Å². The van der Waals surface area contributed by atoms with E-state index >= 15 is 0 Å². The molecule has 0 saturated heterocycles. The van der Waals surface area contributed by atoms with Gasteiger partial charge >= 0.3 is 0 Å². The van der Waals surface area contributed by atoms with Crippen LogP contribution in [0.15, 0.2) is 36.0 Å². The molecular formula is C13H16N2S. The molecule has 3 heteroatoms. The van der Waals surface area contributed by atoms with Gasteiger partial charge in [0.15, 0.2) is 0 Å². The van der Waals surface area contributed by atoms with Gasteiger partial charge < -0.3 is 5.32 Å². The molecule has 0 aromatic carbocycles. The summed E-state index contributed by atoms with van der Waals surface area (Å²) in [4.78, 5) is 5.46. The van der Waals surface area contributed by atoms with Gasteiger partial charge in [-0.25, -0.2) is 0 Å². The normalized spacial score (nSPS) is 12.6. The number of hydrogen-bond acceptors (Lipinski definition) is 3.